The molecule has 0 bridgehead atoms. The molecular weight excluding hydrogens is 210 g/mol. The van der Waals surface area contributed by atoms with Crippen molar-refractivity contribution in [2.24, 2.45) is 5.92 Å². The number of nitrogens with one attached hydrogen (secondary N) is 1. The van der Waals surface area contributed by atoms with Crippen LogP contribution in [0.25, 0.3) is 0 Å². The predicted molar refractivity (Wildman–Crippen MR) is 63.7 cm³/mol. The zero-order chi connectivity index (χ0) is 11.7. The van der Waals surface area contributed by atoms with Crippen molar-refractivity contribution in [3.05, 3.63) is 0 Å². The summed E-state index contributed by atoms with van der Waals surface area (Å²) in [6.45, 7) is 8.09. The van der Waals surface area contributed by atoms with Crippen LogP contribution in [-0.4, -0.2) is 31.5 Å². The molecule has 0 radical (unpaired) electrons. The fraction of sp³-hybridized carbons (Fsp3) is 1.00. The van der Waals surface area contributed by atoms with Crippen LogP contribution in [0.2, 0.25) is 0 Å². The van der Waals surface area contributed by atoms with Crippen molar-refractivity contribution in [3.63, 3.8) is 0 Å². The highest BCUT2D eigenvalue weighted by Crippen LogP contribution is 2.26. The van der Waals surface area contributed by atoms with Crippen LogP contribution >= 0.6 is 0 Å². The summed E-state index contributed by atoms with van der Waals surface area (Å²) < 4.78 is 22.9. The summed E-state index contributed by atoms with van der Waals surface area (Å²) in [6.07, 6.45) is 2.38. The van der Waals surface area contributed by atoms with E-state index < -0.39 is 14.6 Å². The lowest BCUT2D eigenvalue weighted by atomic mass is 9.82. The topological polar surface area (TPSA) is 46.2 Å². The molecular formula is C11H23NO2S. The summed E-state index contributed by atoms with van der Waals surface area (Å²) >= 11 is 0. The largest absolute Gasteiger partial charge is 0.313 e. The molecule has 90 valence electrons. The first kappa shape index (κ1) is 13.0. The maximum atomic E-state index is 11.8. The van der Waals surface area contributed by atoms with Crippen LogP contribution in [0.3, 0.4) is 0 Å². The SMILES string of the molecule is CC1CC(NCCS(=O)(=O)C(C)(C)C)C1. The number of hydrogen-bond donors (Lipinski definition) is 1. The molecule has 0 aliphatic heterocycles. The molecule has 1 aliphatic carbocycles. The maximum Gasteiger partial charge on any atom is 0.156 e. The van der Waals surface area contributed by atoms with Crippen molar-refractivity contribution >= 4 is 9.84 Å². The molecule has 1 rings (SSSR count). The van der Waals surface area contributed by atoms with Gasteiger partial charge in [0.05, 0.1) is 10.5 Å². The second-order valence-electron chi connectivity index (χ2n) is 5.66. The van der Waals surface area contributed by atoms with Crippen LogP contribution in [0, 0.1) is 5.92 Å². The minimum absolute atomic E-state index is 0.251. The molecule has 0 heterocycles. The van der Waals surface area contributed by atoms with Crippen LogP contribution in [0.5, 0.6) is 0 Å². The molecule has 1 saturated carbocycles. The minimum atomic E-state index is -2.95. The first-order chi connectivity index (χ1) is 6.72. The molecule has 1 N–H and O–H groups in total. The average molecular weight is 233 g/mol. The zero-order valence-corrected chi connectivity index (χ0v) is 11.0. The lowest BCUT2D eigenvalue weighted by Crippen LogP contribution is -2.43. The van der Waals surface area contributed by atoms with Crippen molar-refractivity contribution < 1.29 is 8.42 Å². The van der Waals surface area contributed by atoms with E-state index >= 15 is 0 Å². The third-order valence-corrected chi connectivity index (χ3v) is 5.72. The van der Waals surface area contributed by atoms with Gasteiger partial charge in [-0.15, -0.1) is 0 Å². The molecule has 0 atom stereocenters. The van der Waals surface area contributed by atoms with Gasteiger partial charge in [0.25, 0.3) is 0 Å². The van der Waals surface area contributed by atoms with E-state index in [9.17, 15) is 8.42 Å². The molecule has 0 aromatic carbocycles. The second-order valence-corrected chi connectivity index (χ2v) is 8.52. The number of rotatable bonds is 4. The molecule has 4 heteroatoms. The van der Waals surface area contributed by atoms with E-state index in [-0.39, 0.29) is 5.75 Å². The second kappa shape index (κ2) is 4.42. The van der Waals surface area contributed by atoms with Gasteiger partial charge in [0.1, 0.15) is 0 Å². The number of hydrogen-bond acceptors (Lipinski definition) is 3. The Hall–Kier alpha value is -0.0900. The summed E-state index contributed by atoms with van der Waals surface area (Å²) in [6, 6.07) is 0.551. The Kier molecular flexibility index (Phi) is 3.82. The van der Waals surface area contributed by atoms with Crippen molar-refractivity contribution in [1.82, 2.24) is 5.32 Å². The fourth-order valence-corrected chi connectivity index (χ4v) is 2.77. The lowest BCUT2D eigenvalue weighted by molar-refractivity contribution is 0.245. The number of sulfone groups is 1. The lowest BCUT2D eigenvalue weighted by Gasteiger charge is -2.33. The Bertz CT molecular complexity index is 297. The first-order valence-corrected chi connectivity index (χ1v) is 7.33. The van der Waals surface area contributed by atoms with Crippen LogP contribution < -0.4 is 5.32 Å². The minimum Gasteiger partial charge on any atom is -0.313 e. The van der Waals surface area contributed by atoms with Crippen molar-refractivity contribution in [3.8, 4) is 0 Å². The highest BCUT2D eigenvalue weighted by Gasteiger charge is 2.29. The third kappa shape index (κ3) is 3.45. The normalized spacial score (nSPS) is 27.5. The molecule has 15 heavy (non-hydrogen) atoms. The van der Waals surface area contributed by atoms with Gasteiger partial charge in [0.2, 0.25) is 0 Å². The van der Waals surface area contributed by atoms with Crippen LogP contribution in [0.15, 0.2) is 0 Å². The molecule has 0 unspecified atom stereocenters. The molecule has 3 nitrogen and oxygen atoms in total. The van der Waals surface area contributed by atoms with Gasteiger partial charge >= 0.3 is 0 Å². The van der Waals surface area contributed by atoms with Gasteiger partial charge in [0.15, 0.2) is 9.84 Å². The van der Waals surface area contributed by atoms with Gasteiger partial charge in [-0.3, -0.25) is 0 Å². The van der Waals surface area contributed by atoms with Crippen molar-refractivity contribution in [2.45, 2.75) is 51.3 Å². The van der Waals surface area contributed by atoms with Gasteiger partial charge in [-0.2, -0.15) is 0 Å². The van der Waals surface area contributed by atoms with Crippen molar-refractivity contribution in [1.29, 1.82) is 0 Å². The molecule has 0 saturated heterocycles. The summed E-state index contributed by atoms with van der Waals surface area (Å²) in [5.74, 6) is 1.06. The van der Waals surface area contributed by atoms with Crippen LogP contribution in [-0.2, 0) is 9.84 Å². The summed E-state index contributed by atoms with van der Waals surface area (Å²) in [5.41, 5.74) is 0. The molecule has 1 aliphatic rings. The van der Waals surface area contributed by atoms with Crippen molar-refractivity contribution in [2.75, 3.05) is 12.3 Å². The Morgan fingerprint density at radius 3 is 2.20 bits per heavy atom. The summed E-state index contributed by atoms with van der Waals surface area (Å²) in [4.78, 5) is 0. The quantitative estimate of drug-likeness (QED) is 0.802. The van der Waals surface area contributed by atoms with Crippen LogP contribution in [0.1, 0.15) is 40.5 Å². The highest BCUT2D eigenvalue weighted by atomic mass is 32.2. The van der Waals surface area contributed by atoms with E-state index in [2.05, 4.69) is 12.2 Å². The Balaban J connectivity index is 2.26. The van der Waals surface area contributed by atoms with Crippen LogP contribution in [0.4, 0.5) is 0 Å². The Morgan fingerprint density at radius 1 is 1.27 bits per heavy atom. The van der Waals surface area contributed by atoms with E-state index in [1.807, 2.05) is 0 Å². The Morgan fingerprint density at radius 2 is 1.80 bits per heavy atom. The maximum absolute atomic E-state index is 11.8. The average Bonchev–Trinajstić information content (AvgIpc) is 1.98. The predicted octanol–water partition coefficient (Wildman–Crippen LogP) is 1.59. The van der Waals surface area contributed by atoms with E-state index in [1.54, 1.807) is 20.8 Å². The molecule has 0 spiro atoms. The standard InChI is InChI=1S/C11H23NO2S/c1-9-7-10(8-9)12-5-6-15(13,14)11(2,3)4/h9-10,12H,5-8H2,1-4H3. The molecule has 0 amide bonds. The van der Waals surface area contributed by atoms with Gasteiger partial charge in [-0.1, -0.05) is 6.92 Å². The van der Waals surface area contributed by atoms with E-state index in [4.69, 9.17) is 0 Å². The van der Waals surface area contributed by atoms with E-state index in [1.165, 1.54) is 12.8 Å². The monoisotopic (exact) mass is 233 g/mol. The summed E-state index contributed by atoms with van der Waals surface area (Å²) in [5, 5.41) is 3.30. The van der Waals surface area contributed by atoms with E-state index in [0.717, 1.165) is 5.92 Å². The zero-order valence-electron chi connectivity index (χ0n) is 10.2. The molecule has 0 aromatic heterocycles. The van der Waals surface area contributed by atoms with Gasteiger partial charge < -0.3 is 5.32 Å². The Labute approximate surface area is 93.6 Å². The molecule has 1 fully saturated rings. The van der Waals surface area contributed by atoms with E-state index in [0.29, 0.717) is 12.6 Å². The summed E-state index contributed by atoms with van der Waals surface area (Å²) in [7, 11) is -2.95. The molecule has 0 aromatic rings. The smallest absolute Gasteiger partial charge is 0.156 e. The van der Waals surface area contributed by atoms with Gasteiger partial charge in [-0.05, 0) is 39.5 Å². The first-order valence-electron chi connectivity index (χ1n) is 5.68. The third-order valence-electron chi connectivity index (χ3n) is 3.11. The highest BCUT2D eigenvalue weighted by molar-refractivity contribution is 7.92. The van der Waals surface area contributed by atoms with Gasteiger partial charge in [-0.25, -0.2) is 8.42 Å². The van der Waals surface area contributed by atoms with Gasteiger partial charge in [0, 0.05) is 12.6 Å². The fourth-order valence-electron chi connectivity index (χ4n) is 1.77.